The third-order valence-corrected chi connectivity index (χ3v) is 5.94. The highest BCUT2D eigenvalue weighted by Gasteiger charge is 2.22. The predicted octanol–water partition coefficient (Wildman–Crippen LogP) is 3.86. The maximum absolute atomic E-state index is 13.2. The first kappa shape index (κ1) is 21.2. The van der Waals surface area contributed by atoms with Gasteiger partial charge in [0.15, 0.2) is 0 Å². The zero-order valence-electron chi connectivity index (χ0n) is 18.1. The average molecular weight is 421 g/mol. The number of aryl methyl sites for hydroxylation is 2. The van der Waals surface area contributed by atoms with Crippen molar-refractivity contribution >= 4 is 5.91 Å². The maximum Gasteiger partial charge on any atom is 0.224 e. The molecule has 1 saturated heterocycles. The molecule has 3 aromatic rings. The first-order valence-corrected chi connectivity index (χ1v) is 10.8. The second-order valence-corrected chi connectivity index (χ2v) is 8.43. The van der Waals surface area contributed by atoms with Gasteiger partial charge in [0.1, 0.15) is 5.82 Å². The molecule has 2 heterocycles. The lowest BCUT2D eigenvalue weighted by atomic mass is 10.0. The number of piperidine rings is 1. The van der Waals surface area contributed by atoms with Crippen LogP contribution < -0.4 is 5.32 Å². The van der Waals surface area contributed by atoms with E-state index in [4.69, 9.17) is 0 Å². The van der Waals surface area contributed by atoms with E-state index in [9.17, 15) is 9.18 Å². The molecule has 0 saturated carbocycles. The minimum atomic E-state index is -0.242. The van der Waals surface area contributed by atoms with Crippen LogP contribution in [0.3, 0.4) is 0 Å². The van der Waals surface area contributed by atoms with Gasteiger partial charge in [0, 0.05) is 38.3 Å². The monoisotopic (exact) mass is 420 g/mol. The van der Waals surface area contributed by atoms with E-state index < -0.39 is 0 Å². The Labute approximate surface area is 182 Å². The van der Waals surface area contributed by atoms with Gasteiger partial charge in [0.25, 0.3) is 0 Å². The molecule has 5 nitrogen and oxygen atoms in total. The fourth-order valence-electron chi connectivity index (χ4n) is 4.05. The van der Waals surface area contributed by atoms with Gasteiger partial charge in [0.2, 0.25) is 5.91 Å². The number of carbonyl (C=O) groups excluding carboxylic acids is 1. The number of nitrogens with one attached hydrogen (secondary N) is 1. The number of hydrogen-bond donors (Lipinski definition) is 1. The number of amides is 1. The molecule has 1 amide bonds. The number of rotatable bonds is 6. The van der Waals surface area contributed by atoms with Crippen molar-refractivity contribution in [3.63, 3.8) is 0 Å². The molecule has 1 fully saturated rings. The van der Waals surface area contributed by atoms with Crippen molar-refractivity contribution in [2.24, 2.45) is 7.05 Å². The first-order valence-electron chi connectivity index (χ1n) is 10.8. The van der Waals surface area contributed by atoms with E-state index in [2.05, 4.69) is 21.4 Å². The average Bonchev–Trinajstić information content (AvgIpc) is 3.12. The van der Waals surface area contributed by atoms with Crippen molar-refractivity contribution in [1.82, 2.24) is 20.0 Å². The number of carbonyl (C=O) groups is 1. The highest BCUT2D eigenvalue weighted by atomic mass is 19.1. The second kappa shape index (κ2) is 9.43. The van der Waals surface area contributed by atoms with Gasteiger partial charge in [-0.3, -0.25) is 14.4 Å². The van der Waals surface area contributed by atoms with Crippen LogP contribution in [0, 0.1) is 12.7 Å². The van der Waals surface area contributed by atoms with E-state index in [0.717, 1.165) is 55.0 Å². The van der Waals surface area contributed by atoms with E-state index in [1.165, 1.54) is 17.7 Å². The van der Waals surface area contributed by atoms with Gasteiger partial charge in [-0.05, 0) is 55.7 Å². The van der Waals surface area contributed by atoms with Crippen LogP contribution in [-0.4, -0.2) is 39.7 Å². The van der Waals surface area contributed by atoms with E-state index in [1.807, 2.05) is 42.9 Å². The Bertz CT molecular complexity index is 1020. The number of hydrogen-bond acceptors (Lipinski definition) is 3. The highest BCUT2D eigenvalue weighted by Crippen LogP contribution is 2.21. The number of benzene rings is 2. The standard InChI is InChI=1S/C25H29FN4O/c1-18-3-5-19(6-4-18)15-25(31)27-22-11-13-30(14-12-22)17-23-16-24(28-29(23)2)20-7-9-21(26)10-8-20/h3-10,16,22H,11-15,17H2,1-2H3,(H,27,31). The van der Waals surface area contributed by atoms with Crippen LogP contribution in [0.2, 0.25) is 0 Å². The molecule has 1 N–H and O–H groups in total. The minimum absolute atomic E-state index is 0.0953. The van der Waals surface area contributed by atoms with Crippen molar-refractivity contribution in [2.75, 3.05) is 13.1 Å². The number of aromatic nitrogens is 2. The van der Waals surface area contributed by atoms with E-state index in [1.54, 1.807) is 12.1 Å². The molecule has 2 aromatic carbocycles. The van der Waals surface area contributed by atoms with Gasteiger partial charge in [-0.15, -0.1) is 0 Å². The zero-order chi connectivity index (χ0) is 21.8. The summed E-state index contributed by atoms with van der Waals surface area (Å²) in [6.07, 6.45) is 2.33. The summed E-state index contributed by atoms with van der Waals surface area (Å²) in [6.45, 7) is 4.74. The summed E-state index contributed by atoms with van der Waals surface area (Å²) >= 11 is 0. The zero-order valence-corrected chi connectivity index (χ0v) is 18.1. The fraction of sp³-hybridized carbons (Fsp3) is 0.360. The normalized spacial score (nSPS) is 15.2. The summed E-state index contributed by atoms with van der Waals surface area (Å²) in [7, 11) is 1.94. The van der Waals surface area contributed by atoms with Crippen molar-refractivity contribution in [2.45, 2.75) is 38.8 Å². The summed E-state index contributed by atoms with van der Waals surface area (Å²) < 4.78 is 15.1. The van der Waals surface area contributed by atoms with Crippen molar-refractivity contribution in [3.8, 4) is 11.3 Å². The Kier molecular flexibility index (Phi) is 6.47. The lowest BCUT2D eigenvalue weighted by Gasteiger charge is -2.32. The maximum atomic E-state index is 13.2. The molecule has 31 heavy (non-hydrogen) atoms. The van der Waals surface area contributed by atoms with Crippen LogP contribution in [0.5, 0.6) is 0 Å². The number of halogens is 1. The van der Waals surface area contributed by atoms with E-state index in [0.29, 0.717) is 6.42 Å². The Morgan fingerprint density at radius 3 is 2.45 bits per heavy atom. The van der Waals surface area contributed by atoms with E-state index in [-0.39, 0.29) is 17.8 Å². The lowest BCUT2D eigenvalue weighted by Crippen LogP contribution is -2.44. The summed E-state index contributed by atoms with van der Waals surface area (Å²) in [5, 5.41) is 7.78. The third kappa shape index (κ3) is 5.58. The topological polar surface area (TPSA) is 50.2 Å². The molecule has 0 bridgehead atoms. The molecule has 0 spiro atoms. The number of nitrogens with zero attached hydrogens (tertiary/aromatic N) is 3. The van der Waals surface area contributed by atoms with Crippen molar-refractivity contribution < 1.29 is 9.18 Å². The molecule has 0 aliphatic carbocycles. The lowest BCUT2D eigenvalue weighted by molar-refractivity contribution is -0.121. The quantitative estimate of drug-likeness (QED) is 0.659. The molecule has 0 atom stereocenters. The Balaban J connectivity index is 1.27. The summed E-state index contributed by atoms with van der Waals surface area (Å²) in [6, 6.07) is 16.9. The van der Waals surface area contributed by atoms with Crippen LogP contribution in [0.4, 0.5) is 4.39 Å². The second-order valence-electron chi connectivity index (χ2n) is 8.43. The largest absolute Gasteiger partial charge is 0.353 e. The predicted molar refractivity (Wildman–Crippen MR) is 120 cm³/mol. The summed E-state index contributed by atoms with van der Waals surface area (Å²) in [4.78, 5) is 14.8. The Morgan fingerprint density at radius 1 is 1.10 bits per heavy atom. The molecule has 0 radical (unpaired) electrons. The molecule has 6 heteroatoms. The van der Waals surface area contributed by atoms with Gasteiger partial charge in [-0.1, -0.05) is 29.8 Å². The Morgan fingerprint density at radius 2 is 1.77 bits per heavy atom. The molecular weight excluding hydrogens is 391 g/mol. The van der Waals surface area contributed by atoms with Crippen LogP contribution in [0.25, 0.3) is 11.3 Å². The fourth-order valence-corrected chi connectivity index (χ4v) is 4.05. The van der Waals surface area contributed by atoms with Crippen LogP contribution in [0.15, 0.2) is 54.6 Å². The van der Waals surface area contributed by atoms with Gasteiger partial charge >= 0.3 is 0 Å². The molecule has 1 aliphatic heterocycles. The molecule has 0 unspecified atom stereocenters. The van der Waals surface area contributed by atoms with Crippen LogP contribution in [-0.2, 0) is 24.8 Å². The van der Waals surface area contributed by atoms with Gasteiger partial charge in [-0.25, -0.2) is 4.39 Å². The van der Waals surface area contributed by atoms with Crippen LogP contribution >= 0.6 is 0 Å². The third-order valence-electron chi connectivity index (χ3n) is 5.94. The number of likely N-dealkylation sites (tertiary alicyclic amines) is 1. The minimum Gasteiger partial charge on any atom is -0.353 e. The molecule has 4 rings (SSSR count). The van der Waals surface area contributed by atoms with Crippen molar-refractivity contribution in [3.05, 3.63) is 77.2 Å². The highest BCUT2D eigenvalue weighted by molar-refractivity contribution is 5.78. The van der Waals surface area contributed by atoms with Gasteiger partial charge in [-0.2, -0.15) is 5.10 Å². The SMILES string of the molecule is Cc1ccc(CC(=O)NC2CCN(Cc3cc(-c4ccc(F)cc4)nn3C)CC2)cc1. The van der Waals surface area contributed by atoms with Crippen molar-refractivity contribution in [1.29, 1.82) is 0 Å². The molecule has 1 aromatic heterocycles. The molecule has 162 valence electrons. The Hall–Kier alpha value is -2.99. The first-order chi connectivity index (χ1) is 15.0. The van der Waals surface area contributed by atoms with Gasteiger partial charge in [0.05, 0.1) is 17.8 Å². The van der Waals surface area contributed by atoms with E-state index >= 15 is 0 Å². The summed E-state index contributed by atoms with van der Waals surface area (Å²) in [5.74, 6) is -0.147. The molecule has 1 aliphatic rings. The van der Waals surface area contributed by atoms with Crippen LogP contribution in [0.1, 0.15) is 29.7 Å². The van der Waals surface area contributed by atoms with Gasteiger partial charge < -0.3 is 5.32 Å². The summed E-state index contributed by atoms with van der Waals surface area (Å²) in [5.41, 5.74) is 5.15. The smallest absolute Gasteiger partial charge is 0.224 e. The molecular formula is C25H29FN4O.